The van der Waals surface area contributed by atoms with Gasteiger partial charge in [-0.1, -0.05) is 13.0 Å². The molecule has 1 aliphatic rings. The monoisotopic (exact) mass is 248 g/mol. The van der Waals surface area contributed by atoms with Crippen molar-refractivity contribution in [3.63, 3.8) is 0 Å². The van der Waals surface area contributed by atoms with Gasteiger partial charge in [0.25, 0.3) is 0 Å². The van der Waals surface area contributed by atoms with Gasteiger partial charge in [-0.15, -0.1) is 0 Å². The van der Waals surface area contributed by atoms with Gasteiger partial charge in [0.1, 0.15) is 5.75 Å². The highest BCUT2D eigenvalue weighted by atomic mass is 16.5. The maximum atomic E-state index is 5.84. The van der Waals surface area contributed by atoms with Crippen molar-refractivity contribution in [2.24, 2.45) is 5.92 Å². The minimum atomic E-state index is 0.550. The predicted molar refractivity (Wildman–Crippen MR) is 76.5 cm³/mol. The third-order valence-corrected chi connectivity index (χ3v) is 3.20. The first-order chi connectivity index (χ1) is 8.65. The Balaban J connectivity index is 1.75. The van der Waals surface area contributed by atoms with Crippen molar-refractivity contribution in [3.8, 4) is 5.75 Å². The second-order valence-electron chi connectivity index (χ2n) is 5.49. The highest BCUT2D eigenvalue weighted by Crippen LogP contribution is 2.20. The molecule has 1 aliphatic carbocycles. The summed E-state index contributed by atoms with van der Waals surface area (Å²) in [5.74, 6) is 1.51. The average molecular weight is 248 g/mol. The van der Waals surface area contributed by atoms with Gasteiger partial charge in [0, 0.05) is 44.4 Å². The van der Waals surface area contributed by atoms with Crippen molar-refractivity contribution >= 4 is 5.69 Å². The smallest absolute Gasteiger partial charge is 0.121 e. The van der Waals surface area contributed by atoms with Crippen LogP contribution in [0.2, 0.25) is 0 Å². The third-order valence-electron chi connectivity index (χ3n) is 3.20. The van der Waals surface area contributed by atoms with E-state index in [-0.39, 0.29) is 0 Å². The Labute approximate surface area is 110 Å². The normalized spacial score (nSPS) is 16.4. The number of hydrogen-bond acceptors (Lipinski definition) is 3. The lowest BCUT2D eigenvalue weighted by Crippen LogP contribution is -2.26. The summed E-state index contributed by atoms with van der Waals surface area (Å²) in [4.78, 5) is 2.09. The van der Waals surface area contributed by atoms with Gasteiger partial charge in [0.2, 0.25) is 0 Å². The molecule has 0 aromatic heterocycles. The van der Waals surface area contributed by atoms with E-state index in [2.05, 4.69) is 29.3 Å². The van der Waals surface area contributed by atoms with E-state index in [0.717, 1.165) is 24.9 Å². The number of ether oxygens (including phenoxy) is 1. The van der Waals surface area contributed by atoms with Crippen LogP contribution in [0.15, 0.2) is 24.3 Å². The summed E-state index contributed by atoms with van der Waals surface area (Å²) in [5, 5.41) is 3.53. The molecule has 0 radical (unpaired) electrons. The number of nitrogens with one attached hydrogen (secondary N) is 1. The first kappa shape index (κ1) is 13.2. The van der Waals surface area contributed by atoms with E-state index in [0.29, 0.717) is 5.92 Å². The zero-order chi connectivity index (χ0) is 13.0. The van der Waals surface area contributed by atoms with E-state index in [9.17, 15) is 0 Å². The average Bonchev–Trinajstić information content (AvgIpc) is 3.18. The Morgan fingerprint density at radius 1 is 1.39 bits per heavy atom. The molecule has 1 aromatic carbocycles. The summed E-state index contributed by atoms with van der Waals surface area (Å²) in [6, 6.07) is 9.02. The van der Waals surface area contributed by atoms with Gasteiger partial charge in [-0.3, -0.25) is 0 Å². The molecule has 0 amide bonds. The fraction of sp³-hybridized carbons (Fsp3) is 0.600. The lowest BCUT2D eigenvalue weighted by Gasteiger charge is -2.16. The fourth-order valence-corrected chi connectivity index (χ4v) is 1.80. The zero-order valence-corrected chi connectivity index (χ0v) is 11.6. The summed E-state index contributed by atoms with van der Waals surface area (Å²) >= 11 is 0. The Hall–Kier alpha value is -1.22. The van der Waals surface area contributed by atoms with Crippen LogP contribution < -0.4 is 15.0 Å². The molecule has 0 saturated heterocycles. The number of anilines is 1. The van der Waals surface area contributed by atoms with Crippen molar-refractivity contribution in [1.29, 1.82) is 0 Å². The minimum Gasteiger partial charge on any atom is -0.493 e. The van der Waals surface area contributed by atoms with Gasteiger partial charge in [-0.2, -0.15) is 0 Å². The molecule has 0 aliphatic heterocycles. The highest BCUT2D eigenvalue weighted by Gasteiger charge is 2.20. The van der Waals surface area contributed by atoms with Crippen molar-refractivity contribution in [3.05, 3.63) is 24.3 Å². The van der Waals surface area contributed by atoms with Gasteiger partial charge >= 0.3 is 0 Å². The minimum absolute atomic E-state index is 0.550. The third kappa shape index (κ3) is 4.22. The van der Waals surface area contributed by atoms with E-state index in [1.165, 1.54) is 18.5 Å². The summed E-state index contributed by atoms with van der Waals surface area (Å²) in [5.41, 5.74) is 1.18. The van der Waals surface area contributed by atoms with Crippen molar-refractivity contribution < 1.29 is 4.74 Å². The van der Waals surface area contributed by atoms with E-state index < -0.39 is 0 Å². The van der Waals surface area contributed by atoms with Crippen LogP contribution in [0.25, 0.3) is 0 Å². The summed E-state index contributed by atoms with van der Waals surface area (Å²) in [6.07, 6.45) is 2.69. The second-order valence-corrected chi connectivity index (χ2v) is 5.49. The molecule has 3 heteroatoms. The zero-order valence-electron chi connectivity index (χ0n) is 11.6. The molecule has 0 heterocycles. The first-order valence-electron chi connectivity index (χ1n) is 6.78. The fourth-order valence-electron chi connectivity index (χ4n) is 1.80. The van der Waals surface area contributed by atoms with Crippen LogP contribution >= 0.6 is 0 Å². The molecular formula is C15H24N2O. The van der Waals surface area contributed by atoms with E-state index >= 15 is 0 Å². The molecule has 1 saturated carbocycles. The van der Waals surface area contributed by atoms with Gasteiger partial charge in [0.05, 0.1) is 6.61 Å². The van der Waals surface area contributed by atoms with Crippen molar-refractivity contribution in [2.45, 2.75) is 25.8 Å². The van der Waals surface area contributed by atoms with Gasteiger partial charge in [0.15, 0.2) is 0 Å². The first-order valence-corrected chi connectivity index (χ1v) is 6.78. The summed E-state index contributed by atoms with van der Waals surface area (Å²) in [7, 11) is 4.09. The molecule has 100 valence electrons. The maximum Gasteiger partial charge on any atom is 0.121 e. The number of hydrogen-bond donors (Lipinski definition) is 1. The van der Waals surface area contributed by atoms with Crippen LogP contribution in [-0.4, -0.2) is 33.3 Å². The standard InChI is InChI=1S/C15H24N2O/c1-12(10-16-13-7-8-13)11-18-15-6-4-5-14(9-15)17(2)3/h4-6,9,12-13,16H,7-8,10-11H2,1-3H3. The molecule has 1 N–H and O–H groups in total. The maximum absolute atomic E-state index is 5.84. The van der Waals surface area contributed by atoms with E-state index in [1.807, 2.05) is 26.2 Å². The number of nitrogens with zero attached hydrogens (tertiary/aromatic N) is 1. The summed E-state index contributed by atoms with van der Waals surface area (Å²) in [6.45, 7) is 4.06. The molecule has 2 rings (SSSR count). The van der Waals surface area contributed by atoms with Crippen molar-refractivity contribution in [1.82, 2.24) is 5.32 Å². The quantitative estimate of drug-likeness (QED) is 0.802. The Kier molecular flexibility index (Phi) is 4.48. The highest BCUT2D eigenvalue weighted by molar-refractivity contribution is 5.49. The molecule has 1 aromatic rings. The molecule has 1 atom stereocenters. The largest absolute Gasteiger partial charge is 0.493 e. The van der Waals surface area contributed by atoms with Crippen LogP contribution in [0.1, 0.15) is 19.8 Å². The molecule has 1 fully saturated rings. The lowest BCUT2D eigenvalue weighted by atomic mass is 10.2. The van der Waals surface area contributed by atoms with Gasteiger partial charge in [-0.25, -0.2) is 0 Å². The van der Waals surface area contributed by atoms with E-state index in [1.54, 1.807) is 0 Å². The predicted octanol–water partition coefficient (Wildman–Crippen LogP) is 2.52. The van der Waals surface area contributed by atoms with Crippen LogP contribution in [0, 0.1) is 5.92 Å². The summed E-state index contributed by atoms with van der Waals surface area (Å²) < 4.78 is 5.84. The number of rotatable bonds is 7. The lowest BCUT2D eigenvalue weighted by molar-refractivity contribution is 0.255. The van der Waals surface area contributed by atoms with Crippen LogP contribution in [-0.2, 0) is 0 Å². The topological polar surface area (TPSA) is 24.5 Å². The van der Waals surface area contributed by atoms with Gasteiger partial charge < -0.3 is 15.0 Å². The van der Waals surface area contributed by atoms with E-state index in [4.69, 9.17) is 4.74 Å². The molecule has 18 heavy (non-hydrogen) atoms. The molecule has 0 spiro atoms. The van der Waals surface area contributed by atoms with Crippen LogP contribution in [0.5, 0.6) is 5.75 Å². The molecule has 1 unspecified atom stereocenters. The Morgan fingerprint density at radius 2 is 2.17 bits per heavy atom. The molecular weight excluding hydrogens is 224 g/mol. The Morgan fingerprint density at radius 3 is 2.83 bits per heavy atom. The number of benzene rings is 1. The second kappa shape index (κ2) is 6.10. The molecule has 3 nitrogen and oxygen atoms in total. The SMILES string of the molecule is CC(CNC1CC1)COc1cccc(N(C)C)c1. The Bertz CT molecular complexity index is 375. The van der Waals surface area contributed by atoms with Crippen LogP contribution in [0.3, 0.4) is 0 Å². The van der Waals surface area contributed by atoms with Gasteiger partial charge in [-0.05, 0) is 25.0 Å². The van der Waals surface area contributed by atoms with Crippen LogP contribution in [0.4, 0.5) is 5.69 Å². The molecule has 0 bridgehead atoms. The van der Waals surface area contributed by atoms with Crippen molar-refractivity contribution in [2.75, 3.05) is 32.1 Å².